The lowest BCUT2D eigenvalue weighted by atomic mass is 9.88. The van der Waals surface area contributed by atoms with Crippen molar-refractivity contribution in [3.63, 3.8) is 0 Å². The van der Waals surface area contributed by atoms with Crippen LogP contribution in [-0.2, 0) is 17.8 Å². The first-order valence-corrected chi connectivity index (χ1v) is 12.4. The molecule has 0 unspecified atom stereocenters. The third-order valence-electron chi connectivity index (χ3n) is 7.45. The fourth-order valence-electron chi connectivity index (χ4n) is 5.60. The molecule has 1 saturated heterocycles. The fraction of sp³-hybridized carbons (Fsp3) is 0.538. The van der Waals surface area contributed by atoms with E-state index in [0.29, 0.717) is 43.0 Å². The van der Waals surface area contributed by atoms with Gasteiger partial charge >= 0.3 is 0 Å². The van der Waals surface area contributed by atoms with Gasteiger partial charge in [-0.3, -0.25) is 14.4 Å². The van der Waals surface area contributed by atoms with Gasteiger partial charge in [0.2, 0.25) is 5.91 Å². The Bertz CT molecular complexity index is 1070. The normalized spacial score (nSPS) is 21.5. The predicted molar refractivity (Wildman–Crippen MR) is 125 cm³/mol. The van der Waals surface area contributed by atoms with E-state index in [1.165, 1.54) is 6.42 Å². The monoisotopic (exact) mass is 448 g/mol. The molecule has 0 bridgehead atoms. The zero-order valence-corrected chi connectivity index (χ0v) is 19.1. The number of amides is 2. The molecule has 0 spiro atoms. The smallest absolute Gasteiger partial charge is 0.256 e. The van der Waals surface area contributed by atoms with Gasteiger partial charge in [0.05, 0.1) is 23.8 Å². The number of carbonyl (C=O) groups excluding carboxylic acids is 2. The van der Waals surface area contributed by atoms with Crippen LogP contribution in [0, 0.1) is 5.92 Å². The fourth-order valence-corrected chi connectivity index (χ4v) is 5.60. The highest BCUT2D eigenvalue weighted by molar-refractivity contribution is 5.94. The van der Waals surface area contributed by atoms with Crippen LogP contribution in [0.15, 0.2) is 35.1 Å². The van der Waals surface area contributed by atoms with Crippen LogP contribution in [0.1, 0.15) is 84.8 Å². The quantitative estimate of drug-likeness (QED) is 0.777. The minimum atomic E-state index is -0.230. The standard InChI is InChI=1S/C26H32N4O3/c31-24-20-17-29(25(32)18-9-3-1-4-10-18)16-14-21(20)27-23(28-24)22-13-7-8-15-30(22)26(33)19-11-5-2-6-12-19/h2,5-6,11-12,18,22H,1,3-4,7-10,13-17H2,(H,27,28,31)/t22-/m1/s1. The van der Waals surface area contributed by atoms with E-state index in [9.17, 15) is 14.4 Å². The molecule has 0 radical (unpaired) electrons. The Morgan fingerprint density at radius 3 is 2.48 bits per heavy atom. The third kappa shape index (κ3) is 4.45. The second kappa shape index (κ2) is 9.49. The first-order chi connectivity index (χ1) is 16.1. The molecule has 7 heteroatoms. The Kier molecular flexibility index (Phi) is 6.29. The van der Waals surface area contributed by atoms with E-state index in [1.54, 1.807) is 0 Å². The molecule has 1 aromatic carbocycles. The van der Waals surface area contributed by atoms with Gasteiger partial charge in [-0.2, -0.15) is 0 Å². The second-order valence-corrected chi connectivity index (χ2v) is 9.60. The molecule has 1 aromatic heterocycles. The average molecular weight is 449 g/mol. The molecule has 3 heterocycles. The Morgan fingerprint density at radius 2 is 1.70 bits per heavy atom. The van der Waals surface area contributed by atoms with Crippen molar-refractivity contribution in [2.24, 2.45) is 5.92 Å². The van der Waals surface area contributed by atoms with Crippen LogP contribution < -0.4 is 5.56 Å². The summed E-state index contributed by atoms with van der Waals surface area (Å²) in [5.41, 5.74) is 1.86. The molecule has 2 aromatic rings. The number of likely N-dealkylation sites (tertiary alicyclic amines) is 1. The van der Waals surface area contributed by atoms with E-state index in [2.05, 4.69) is 4.98 Å². The maximum absolute atomic E-state index is 13.2. The van der Waals surface area contributed by atoms with Gasteiger partial charge in [-0.1, -0.05) is 37.5 Å². The van der Waals surface area contributed by atoms with Gasteiger partial charge in [-0.05, 0) is 44.2 Å². The Labute approximate surface area is 194 Å². The molecule has 174 valence electrons. The third-order valence-corrected chi connectivity index (χ3v) is 7.45. The van der Waals surface area contributed by atoms with Crippen LogP contribution >= 0.6 is 0 Å². The van der Waals surface area contributed by atoms with Crippen molar-refractivity contribution in [3.05, 3.63) is 63.3 Å². The maximum Gasteiger partial charge on any atom is 0.256 e. The summed E-state index contributed by atoms with van der Waals surface area (Å²) in [4.78, 5) is 50.8. The molecule has 1 N–H and O–H groups in total. The lowest BCUT2D eigenvalue weighted by Gasteiger charge is -2.36. The number of H-pyrrole nitrogens is 1. The van der Waals surface area contributed by atoms with E-state index in [4.69, 9.17) is 4.98 Å². The van der Waals surface area contributed by atoms with Crippen molar-refractivity contribution in [1.82, 2.24) is 19.8 Å². The average Bonchev–Trinajstić information content (AvgIpc) is 2.88. The number of benzene rings is 1. The number of hydrogen-bond acceptors (Lipinski definition) is 4. The van der Waals surface area contributed by atoms with Crippen molar-refractivity contribution < 1.29 is 9.59 Å². The van der Waals surface area contributed by atoms with Crippen LogP contribution in [0.2, 0.25) is 0 Å². The van der Waals surface area contributed by atoms with E-state index in [1.807, 2.05) is 40.1 Å². The van der Waals surface area contributed by atoms with Crippen molar-refractivity contribution in [1.29, 1.82) is 0 Å². The molecular weight excluding hydrogens is 416 g/mol. The summed E-state index contributed by atoms with van der Waals surface area (Å²) in [7, 11) is 0. The summed E-state index contributed by atoms with van der Waals surface area (Å²) in [6, 6.07) is 9.06. The van der Waals surface area contributed by atoms with Gasteiger partial charge in [-0.15, -0.1) is 0 Å². The maximum atomic E-state index is 13.2. The Balaban J connectivity index is 1.37. The molecule has 5 rings (SSSR count). The number of rotatable bonds is 3. The van der Waals surface area contributed by atoms with E-state index >= 15 is 0 Å². The molecule has 2 amide bonds. The lowest BCUT2D eigenvalue weighted by Crippen LogP contribution is -2.44. The van der Waals surface area contributed by atoms with Crippen LogP contribution in [0.3, 0.4) is 0 Å². The highest BCUT2D eigenvalue weighted by Crippen LogP contribution is 2.31. The topological polar surface area (TPSA) is 86.4 Å². The molecule has 7 nitrogen and oxygen atoms in total. The second-order valence-electron chi connectivity index (χ2n) is 9.60. The Morgan fingerprint density at radius 1 is 0.939 bits per heavy atom. The van der Waals surface area contributed by atoms with Crippen LogP contribution in [0.25, 0.3) is 0 Å². The van der Waals surface area contributed by atoms with E-state index < -0.39 is 0 Å². The van der Waals surface area contributed by atoms with Gasteiger partial charge in [0.1, 0.15) is 5.82 Å². The minimum Gasteiger partial charge on any atom is -0.337 e. The SMILES string of the molecule is O=C(C1CCCCC1)N1CCc2nc([C@H]3CCCCN3C(=O)c3ccccc3)[nH]c(=O)c2C1. The molecule has 3 aliphatic rings. The van der Waals surface area contributed by atoms with Crippen molar-refractivity contribution >= 4 is 11.8 Å². The summed E-state index contributed by atoms with van der Waals surface area (Å²) in [6.45, 7) is 1.60. The summed E-state index contributed by atoms with van der Waals surface area (Å²) in [5.74, 6) is 0.849. The molecular formula is C26H32N4O3. The van der Waals surface area contributed by atoms with E-state index in [0.717, 1.165) is 50.6 Å². The summed E-state index contributed by atoms with van der Waals surface area (Å²) < 4.78 is 0. The minimum absolute atomic E-state index is 0.0232. The van der Waals surface area contributed by atoms with Crippen molar-refractivity contribution in [2.45, 2.75) is 70.4 Å². The lowest BCUT2D eigenvalue weighted by molar-refractivity contribution is -0.137. The summed E-state index contributed by atoms with van der Waals surface area (Å²) in [6.07, 6.45) is 8.68. The number of carbonyl (C=O) groups is 2. The number of aromatic nitrogens is 2. The highest BCUT2D eigenvalue weighted by Gasteiger charge is 2.33. The summed E-state index contributed by atoms with van der Waals surface area (Å²) >= 11 is 0. The first-order valence-electron chi connectivity index (χ1n) is 12.4. The number of aromatic amines is 1. The Hall–Kier alpha value is -2.96. The zero-order valence-electron chi connectivity index (χ0n) is 19.1. The van der Waals surface area contributed by atoms with Gasteiger partial charge in [0, 0.05) is 31.0 Å². The molecule has 2 fully saturated rings. The van der Waals surface area contributed by atoms with E-state index in [-0.39, 0.29) is 29.3 Å². The summed E-state index contributed by atoms with van der Waals surface area (Å²) in [5, 5.41) is 0. The molecule has 1 saturated carbocycles. The largest absolute Gasteiger partial charge is 0.337 e. The molecule has 1 atom stereocenters. The number of piperidine rings is 1. The van der Waals surface area contributed by atoms with Gasteiger partial charge in [-0.25, -0.2) is 4.98 Å². The van der Waals surface area contributed by atoms with Crippen molar-refractivity contribution in [2.75, 3.05) is 13.1 Å². The highest BCUT2D eigenvalue weighted by atomic mass is 16.2. The number of nitrogens with zero attached hydrogens (tertiary/aromatic N) is 3. The molecule has 33 heavy (non-hydrogen) atoms. The van der Waals surface area contributed by atoms with Gasteiger partial charge in [0.25, 0.3) is 11.5 Å². The van der Waals surface area contributed by atoms with Crippen molar-refractivity contribution in [3.8, 4) is 0 Å². The number of nitrogens with one attached hydrogen (secondary N) is 1. The number of fused-ring (bicyclic) bond motifs is 1. The number of hydrogen-bond donors (Lipinski definition) is 1. The predicted octanol–water partition coefficient (Wildman–Crippen LogP) is 3.60. The van der Waals surface area contributed by atoms with Crippen LogP contribution in [0.5, 0.6) is 0 Å². The zero-order chi connectivity index (χ0) is 22.8. The van der Waals surface area contributed by atoms with Crippen LogP contribution in [0.4, 0.5) is 0 Å². The van der Waals surface area contributed by atoms with Gasteiger partial charge in [0.15, 0.2) is 0 Å². The first kappa shape index (κ1) is 21.9. The van der Waals surface area contributed by atoms with Gasteiger partial charge < -0.3 is 14.8 Å². The van der Waals surface area contributed by atoms with Crippen LogP contribution in [-0.4, -0.2) is 44.7 Å². The molecule has 2 aliphatic heterocycles. The molecule has 1 aliphatic carbocycles.